The highest BCUT2D eigenvalue weighted by Crippen LogP contribution is 2.30. The molecule has 0 aliphatic carbocycles. The van der Waals surface area contributed by atoms with Gasteiger partial charge < -0.3 is 4.42 Å². The van der Waals surface area contributed by atoms with Crippen LogP contribution in [0.5, 0.6) is 0 Å². The van der Waals surface area contributed by atoms with Crippen molar-refractivity contribution in [3.63, 3.8) is 0 Å². The monoisotopic (exact) mass is 291 g/mol. The fourth-order valence-electron chi connectivity index (χ4n) is 1.95. The molecule has 0 aliphatic heterocycles. The molecule has 0 saturated carbocycles. The standard InChI is InChI=1S/C15H8F3NO2/c16-15(17,18)10-6-7-12-11(8-10)14(20)21-13(19-12)9-4-2-1-3-5-9/h1-8H. The molecule has 0 radical (unpaired) electrons. The van der Waals surface area contributed by atoms with Crippen molar-refractivity contribution in [1.82, 2.24) is 4.98 Å². The quantitative estimate of drug-likeness (QED) is 0.683. The summed E-state index contributed by atoms with van der Waals surface area (Å²) < 4.78 is 42.9. The summed E-state index contributed by atoms with van der Waals surface area (Å²) in [4.78, 5) is 16.0. The van der Waals surface area contributed by atoms with Gasteiger partial charge >= 0.3 is 11.8 Å². The minimum Gasteiger partial charge on any atom is -0.403 e. The number of alkyl halides is 3. The second kappa shape index (κ2) is 4.73. The molecule has 0 fully saturated rings. The van der Waals surface area contributed by atoms with E-state index in [0.29, 0.717) is 5.56 Å². The maximum Gasteiger partial charge on any atom is 0.416 e. The highest BCUT2D eigenvalue weighted by molar-refractivity contribution is 5.79. The molecule has 6 heteroatoms. The van der Waals surface area contributed by atoms with Crippen LogP contribution >= 0.6 is 0 Å². The summed E-state index contributed by atoms with van der Waals surface area (Å²) in [6, 6.07) is 11.5. The van der Waals surface area contributed by atoms with Crippen molar-refractivity contribution in [2.45, 2.75) is 6.18 Å². The molecule has 0 saturated heterocycles. The van der Waals surface area contributed by atoms with E-state index in [0.717, 1.165) is 12.1 Å². The maximum atomic E-state index is 12.6. The van der Waals surface area contributed by atoms with Gasteiger partial charge in [0.05, 0.1) is 16.5 Å². The first-order chi connectivity index (χ1) is 9.95. The Morgan fingerprint density at radius 2 is 1.71 bits per heavy atom. The van der Waals surface area contributed by atoms with Crippen LogP contribution in [0.25, 0.3) is 22.4 Å². The summed E-state index contributed by atoms with van der Waals surface area (Å²) in [6.07, 6.45) is -4.52. The second-order valence-corrected chi connectivity index (χ2v) is 4.40. The molecule has 106 valence electrons. The molecule has 2 aromatic carbocycles. The van der Waals surface area contributed by atoms with Gasteiger partial charge in [0.2, 0.25) is 5.89 Å². The van der Waals surface area contributed by atoms with Gasteiger partial charge in [0, 0.05) is 5.56 Å². The Morgan fingerprint density at radius 1 is 1.00 bits per heavy atom. The van der Waals surface area contributed by atoms with Crippen LogP contribution in [0.4, 0.5) is 13.2 Å². The lowest BCUT2D eigenvalue weighted by Gasteiger charge is -2.07. The van der Waals surface area contributed by atoms with Gasteiger partial charge in [0.1, 0.15) is 0 Å². The number of hydrogen-bond donors (Lipinski definition) is 0. The average molecular weight is 291 g/mol. The van der Waals surface area contributed by atoms with Crippen molar-refractivity contribution >= 4 is 10.9 Å². The Morgan fingerprint density at radius 3 is 2.38 bits per heavy atom. The van der Waals surface area contributed by atoms with Crippen molar-refractivity contribution in [2.24, 2.45) is 0 Å². The van der Waals surface area contributed by atoms with Crippen LogP contribution in [0.15, 0.2) is 57.7 Å². The van der Waals surface area contributed by atoms with Crippen LogP contribution in [0.3, 0.4) is 0 Å². The van der Waals surface area contributed by atoms with E-state index in [2.05, 4.69) is 4.98 Å². The second-order valence-electron chi connectivity index (χ2n) is 4.40. The molecule has 0 atom stereocenters. The van der Waals surface area contributed by atoms with E-state index in [-0.39, 0.29) is 16.8 Å². The summed E-state index contributed by atoms with van der Waals surface area (Å²) >= 11 is 0. The number of hydrogen-bond acceptors (Lipinski definition) is 3. The first-order valence-corrected chi connectivity index (χ1v) is 6.03. The first-order valence-electron chi connectivity index (χ1n) is 6.03. The van der Waals surface area contributed by atoms with Crippen LogP contribution in [-0.2, 0) is 6.18 Å². The zero-order chi connectivity index (χ0) is 15.0. The topological polar surface area (TPSA) is 43.1 Å². The fourth-order valence-corrected chi connectivity index (χ4v) is 1.95. The van der Waals surface area contributed by atoms with Crippen molar-refractivity contribution < 1.29 is 17.6 Å². The average Bonchev–Trinajstić information content (AvgIpc) is 2.47. The Kier molecular flexibility index (Phi) is 3.01. The third-order valence-electron chi connectivity index (χ3n) is 2.98. The zero-order valence-corrected chi connectivity index (χ0v) is 10.5. The van der Waals surface area contributed by atoms with Gasteiger partial charge in [-0.05, 0) is 30.3 Å². The molecule has 0 unspecified atom stereocenters. The largest absolute Gasteiger partial charge is 0.416 e. The predicted octanol–water partition coefficient (Wildman–Crippen LogP) is 3.87. The number of nitrogens with zero attached hydrogens (tertiary/aromatic N) is 1. The smallest absolute Gasteiger partial charge is 0.403 e. The predicted molar refractivity (Wildman–Crippen MR) is 70.7 cm³/mol. The van der Waals surface area contributed by atoms with Crippen molar-refractivity contribution in [1.29, 1.82) is 0 Å². The minimum atomic E-state index is -4.52. The van der Waals surface area contributed by atoms with Gasteiger partial charge in [0.25, 0.3) is 0 Å². The Bertz CT molecular complexity index is 854. The third-order valence-corrected chi connectivity index (χ3v) is 2.98. The van der Waals surface area contributed by atoms with Crippen molar-refractivity contribution in [3.05, 3.63) is 64.5 Å². The molecule has 0 amide bonds. The number of aromatic nitrogens is 1. The Labute approximate surface area is 116 Å². The summed E-state index contributed by atoms with van der Waals surface area (Å²) in [7, 11) is 0. The molecule has 3 nitrogen and oxygen atoms in total. The first kappa shape index (κ1) is 13.4. The molecule has 1 aromatic heterocycles. The molecular weight excluding hydrogens is 283 g/mol. The number of halogens is 3. The molecule has 3 aromatic rings. The molecule has 0 bridgehead atoms. The molecular formula is C15H8F3NO2. The highest BCUT2D eigenvalue weighted by Gasteiger charge is 2.31. The summed E-state index contributed by atoms with van der Waals surface area (Å²) in [5, 5.41) is -0.190. The van der Waals surface area contributed by atoms with E-state index in [1.54, 1.807) is 30.3 Å². The molecule has 3 rings (SSSR count). The van der Waals surface area contributed by atoms with Gasteiger partial charge in [-0.3, -0.25) is 0 Å². The lowest BCUT2D eigenvalue weighted by molar-refractivity contribution is -0.137. The van der Waals surface area contributed by atoms with Crippen LogP contribution in [0.2, 0.25) is 0 Å². The summed E-state index contributed by atoms with van der Waals surface area (Å²) in [5.74, 6) is 0.0767. The highest BCUT2D eigenvalue weighted by atomic mass is 19.4. The van der Waals surface area contributed by atoms with Crippen molar-refractivity contribution in [3.8, 4) is 11.5 Å². The number of rotatable bonds is 1. The third kappa shape index (κ3) is 2.52. The van der Waals surface area contributed by atoms with Crippen LogP contribution < -0.4 is 5.63 Å². The minimum absolute atomic E-state index is 0.0767. The van der Waals surface area contributed by atoms with Gasteiger partial charge in [0.15, 0.2) is 0 Å². The van der Waals surface area contributed by atoms with E-state index in [4.69, 9.17) is 4.42 Å². The molecule has 1 heterocycles. The zero-order valence-electron chi connectivity index (χ0n) is 10.5. The normalized spacial score (nSPS) is 11.8. The van der Waals surface area contributed by atoms with E-state index >= 15 is 0 Å². The molecule has 21 heavy (non-hydrogen) atoms. The van der Waals surface area contributed by atoms with Crippen LogP contribution in [0.1, 0.15) is 5.56 Å². The molecule has 0 aliphatic rings. The van der Waals surface area contributed by atoms with E-state index in [1.165, 1.54) is 6.07 Å². The van der Waals surface area contributed by atoms with Gasteiger partial charge in [-0.1, -0.05) is 18.2 Å². The van der Waals surface area contributed by atoms with E-state index in [9.17, 15) is 18.0 Å². The fraction of sp³-hybridized carbons (Fsp3) is 0.0667. The van der Waals surface area contributed by atoms with E-state index < -0.39 is 17.4 Å². The number of benzene rings is 2. The maximum absolute atomic E-state index is 12.6. The SMILES string of the molecule is O=c1oc(-c2ccccc2)nc2ccc(C(F)(F)F)cc12. The molecule has 0 spiro atoms. The van der Waals surface area contributed by atoms with Crippen LogP contribution in [-0.4, -0.2) is 4.98 Å². The van der Waals surface area contributed by atoms with Gasteiger partial charge in [-0.2, -0.15) is 13.2 Å². The Balaban J connectivity index is 2.21. The Hall–Kier alpha value is -2.63. The van der Waals surface area contributed by atoms with Gasteiger partial charge in [-0.25, -0.2) is 9.78 Å². The van der Waals surface area contributed by atoms with Crippen LogP contribution in [0, 0.1) is 0 Å². The summed E-state index contributed by atoms with van der Waals surface area (Å²) in [5.41, 5.74) is -1.00. The summed E-state index contributed by atoms with van der Waals surface area (Å²) in [6.45, 7) is 0. The van der Waals surface area contributed by atoms with Crippen molar-refractivity contribution in [2.75, 3.05) is 0 Å². The lowest BCUT2D eigenvalue weighted by Crippen LogP contribution is -2.08. The lowest BCUT2D eigenvalue weighted by atomic mass is 10.1. The molecule has 0 N–H and O–H groups in total. The van der Waals surface area contributed by atoms with Gasteiger partial charge in [-0.15, -0.1) is 0 Å². The number of fused-ring (bicyclic) bond motifs is 1. The van der Waals surface area contributed by atoms with E-state index in [1.807, 2.05) is 0 Å².